The molecule has 0 aliphatic carbocycles. The van der Waals surface area contributed by atoms with E-state index in [4.69, 9.17) is 10.5 Å². The van der Waals surface area contributed by atoms with Gasteiger partial charge in [0.25, 0.3) is 0 Å². The molecule has 3 N–H and O–H groups in total. The molecule has 2 aromatic rings. The number of benzene rings is 2. The summed E-state index contributed by atoms with van der Waals surface area (Å²) < 4.78 is 42.4. The van der Waals surface area contributed by atoms with Crippen LogP contribution >= 0.6 is 24.0 Å². The molecule has 0 spiro atoms. The molecule has 0 bridgehead atoms. The third kappa shape index (κ3) is 6.06. The lowest BCUT2D eigenvalue weighted by Crippen LogP contribution is -2.37. The lowest BCUT2D eigenvalue weighted by Gasteiger charge is -2.27. The highest BCUT2D eigenvalue weighted by atomic mass is 127. The van der Waals surface area contributed by atoms with Crippen LogP contribution in [0.3, 0.4) is 0 Å². The number of nitrogens with one attached hydrogen (secondary N) is 1. The van der Waals surface area contributed by atoms with Crippen LogP contribution in [0.5, 0.6) is 5.75 Å². The van der Waals surface area contributed by atoms with Crippen LogP contribution in [0.1, 0.15) is 29.2 Å². The maximum atomic E-state index is 13.6. The summed E-state index contributed by atoms with van der Waals surface area (Å²) in [6.45, 7) is 0.663. The molecule has 3 rings (SSSR count). The molecule has 0 fully saturated rings. The maximum Gasteiger partial charge on any atom is 0.189 e. The van der Waals surface area contributed by atoms with Crippen molar-refractivity contribution >= 4 is 39.8 Å². The Morgan fingerprint density at radius 1 is 1.29 bits per heavy atom. The molecule has 0 aromatic heterocycles. The molecule has 1 atom stereocenters. The van der Waals surface area contributed by atoms with Crippen LogP contribution in [0.2, 0.25) is 0 Å². The summed E-state index contributed by atoms with van der Waals surface area (Å²) in [6, 6.07) is 11.7. The van der Waals surface area contributed by atoms with E-state index in [2.05, 4.69) is 10.3 Å². The molecule has 1 aliphatic rings. The number of para-hydroxylation sites is 1. The number of guanidine groups is 1. The quantitative estimate of drug-likeness (QED) is 0.360. The predicted octanol–water partition coefficient (Wildman–Crippen LogP) is 2.92. The zero-order valence-electron chi connectivity index (χ0n) is 15.4. The highest BCUT2D eigenvalue weighted by molar-refractivity contribution is 14.0. The Morgan fingerprint density at radius 3 is 2.79 bits per heavy atom. The number of ether oxygens (including phenoxy) is 1. The molecular formula is C19H23FIN3O3S. The van der Waals surface area contributed by atoms with Crippen molar-refractivity contribution in [2.24, 2.45) is 10.7 Å². The lowest BCUT2D eigenvalue weighted by atomic mass is 10.0. The molecule has 152 valence electrons. The third-order valence-corrected chi connectivity index (χ3v) is 5.12. The van der Waals surface area contributed by atoms with E-state index >= 15 is 0 Å². The Labute approximate surface area is 181 Å². The van der Waals surface area contributed by atoms with Gasteiger partial charge in [0.05, 0.1) is 24.9 Å². The van der Waals surface area contributed by atoms with Crippen LogP contribution in [0.25, 0.3) is 0 Å². The third-order valence-electron chi connectivity index (χ3n) is 4.29. The van der Waals surface area contributed by atoms with Crippen LogP contribution in [0, 0.1) is 5.82 Å². The monoisotopic (exact) mass is 519 g/mol. The molecular weight excluding hydrogens is 496 g/mol. The number of hydrogen-bond donors (Lipinski definition) is 2. The molecule has 2 aromatic carbocycles. The van der Waals surface area contributed by atoms with Gasteiger partial charge in [-0.3, -0.25) is 0 Å². The van der Waals surface area contributed by atoms with E-state index in [0.29, 0.717) is 17.7 Å². The van der Waals surface area contributed by atoms with Gasteiger partial charge < -0.3 is 15.8 Å². The first kappa shape index (κ1) is 22.4. The number of sulfone groups is 1. The van der Waals surface area contributed by atoms with Gasteiger partial charge in [0.15, 0.2) is 15.8 Å². The topological polar surface area (TPSA) is 93.8 Å². The largest absolute Gasteiger partial charge is 0.493 e. The first-order chi connectivity index (χ1) is 12.8. The summed E-state index contributed by atoms with van der Waals surface area (Å²) in [4.78, 5) is 4.27. The van der Waals surface area contributed by atoms with Crippen molar-refractivity contribution in [2.75, 3.05) is 12.9 Å². The number of nitrogens with two attached hydrogens (primary N) is 1. The van der Waals surface area contributed by atoms with Crippen LogP contribution < -0.4 is 15.8 Å². The molecule has 1 aliphatic heterocycles. The minimum atomic E-state index is -3.24. The van der Waals surface area contributed by atoms with Gasteiger partial charge in [0.2, 0.25) is 0 Å². The Hall–Kier alpha value is -1.88. The number of halogens is 2. The number of hydrogen-bond acceptors (Lipinski definition) is 4. The number of aliphatic imine (C=N–C) groups is 1. The van der Waals surface area contributed by atoms with Crippen LogP contribution in [-0.2, 0) is 22.1 Å². The fraction of sp³-hybridized carbons (Fsp3) is 0.316. The number of fused-ring (bicyclic) bond motifs is 1. The second kappa shape index (κ2) is 9.55. The normalized spacial score (nSPS) is 16.5. The zero-order chi connectivity index (χ0) is 19.4. The summed E-state index contributed by atoms with van der Waals surface area (Å²) in [5, 5.41) is 3.16. The summed E-state index contributed by atoms with van der Waals surface area (Å²) in [5.74, 6) is 0.418. The predicted molar refractivity (Wildman–Crippen MR) is 118 cm³/mol. The smallest absolute Gasteiger partial charge is 0.189 e. The van der Waals surface area contributed by atoms with E-state index in [1.165, 1.54) is 18.2 Å². The fourth-order valence-corrected chi connectivity index (χ4v) is 3.90. The van der Waals surface area contributed by atoms with E-state index in [1.807, 2.05) is 24.3 Å². The van der Waals surface area contributed by atoms with E-state index < -0.39 is 15.7 Å². The zero-order valence-corrected chi connectivity index (χ0v) is 18.5. The van der Waals surface area contributed by atoms with E-state index in [0.717, 1.165) is 24.0 Å². The lowest BCUT2D eigenvalue weighted by molar-refractivity contribution is 0.262. The van der Waals surface area contributed by atoms with Gasteiger partial charge in [0, 0.05) is 18.2 Å². The van der Waals surface area contributed by atoms with E-state index in [-0.39, 0.29) is 48.3 Å². The van der Waals surface area contributed by atoms with Gasteiger partial charge in [-0.15, -0.1) is 24.0 Å². The Kier molecular flexibility index (Phi) is 7.64. The van der Waals surface area contributed by atoms with E-state index in [1.54, 1.807) is 0 Å². The standard InChI is InChI=1S/C19H22FN3O3S.HI/c1-27(24,25)12-13-6-7-15(20)10-14(13)11-22-19(21)23-17-8-9-26-18-5-3-2-4-16(17)18;/h2-7,10,17H,8-9,11-12H2,1H3,(H3,21,22,23);1H. The molecule has 6 nitrogen and oxygen atoms in total. The minimum Gasteiger partial charge on any atom is -0.493 e. The minimum absolute atomic E-state index is 0. The SMILES string of the molecule is CS(=O)(=O)Cc1ccc(F)cc1CN=C(N)NC1CCOc2ccccc21.I. The van der Waals surface area contributed by atoms with Crippen molar-refractivity contribution in [2.45, 2.75) is 24.8 Å². The summed E-state index contributed by atoms with van der Waals surface area (Å²) >= 11 is 0. The molecule has 0 radical (unpaired) electrons. The summed E-state index contributed by atoms with van der Waals surface area (Å²) in [6.07, 6.45) is 1.88. The molecule has 0 saturated carbocycles. The molecule has 1 heterocycles. The van der Waals surface area contributed by atoms with Crippen molar-refractivity contribution < 1.29 is 17.5 Å². The van der Waals surface area contributed by atoms with Crippen LogP contribution in [0.4, 0.5) is 4.39 Å². The maximum absolute atomic E-state index is 13.6. The molecule has 9 heteroatoms. The Balaban J connectivity index is 0.00000280. The Bertz CT molecular complexity index is 967. The van der Waals surface area contributed by atoms with E-state index in [9.17, 15) is 12.8 Å². The number of rotatable bonds is 5. The molecule has 0 saturated heterocycles. The highest BCUT2D eigenvalue weighted by Crippen LogP contribution is 2.31. The van der Waals surface area contributed by atoms with Gasteiger partial charge in [-0.1, -0.05) is 24.3 Å². The van der Waals surface area contributed by atoms with Crippen molar-refractivity contribution in [3.05, 3.63) is 65.0 Å². The summed E-state index contributed by atoms with van der Waals surface area (Å²) in [7, 11) is -3.24. The molecule has 0 amide bonds. The van der Waals surface area contributed by atoms with Crippen molar-refractivity contribution in [3.8, 4) is 5.75 Å². The van der Waals surface area contributed by atoms with Gasteiger partial charge in [-0.05, 0) is 29.3 Å². The number of nitrogens with zero attached hydrogens (tertiary/aromatic N) is 1. The first-order valence-corrected chi connectivity index (χ1v) is 10.6. The van der Waals surface area contributed by atoms with Crippen molar-refractivity contribution in [1.82, 2.24) is 5.32 Å². The Morgan fingerprint density at radius 2 is 2.04 bits per heavy atom. The first-order valence-electron chi connectivity index (χ1n) is 8.55. The van der Waals surface area contributed by atoms with Gasteiger partial charge in [0.1, 0.15) is 11.6 Å². The average molecular weight is 519 g/mol. The van der Waals surface area contributed by atoms with Gasteiger partial charge >= 0.3 is 0 Å². The second-order valence-electron chi connectivity index (χ2n) is 6.56. The highest BCUT2D eigenvalue weighted by Gasteiger charge is 2.21. The van der Waals surface area contributed by atoms with Crippen LogP contribution in [0.15, 0.2) is 47.5 Å². The summed E-state index contributed by atoms with van der Waals surface area (Å²) in [5.41, 5.74) is 8.03. The van der Waals surface area contributed by atoms with Crippen molar-refractivity contribution in [1.29, 1.82) is 0 Å². The molecule has 28 heavy (non-hydrogen) atoms. The van der Waals surface area contributed by atoms with Crippen LogP contribution in [-0.4, -0.2) is 27.2 Å². The van der Waals surface area contributed by atoms with Gasteiger partial charge in [-0.25, -0.2) is 17.8 Å². The second-order valence-corrected chi connectivity index (χ2v) is 8.70. The van der Waals surface area contributed by atoms with Crippen molar-refractivity contribution in [3.63, 3.8) is 0 Å². The fourth-order valence-electron chi connectivity index (χ4n) is 3.05. The molecule has 1 unspecified atom stereocenters. The van der Waals surface area contributed by atoms with Gasteiger partial charge in [-0.2, -0.15) is 0 Å². The average Bonchev–Trinajstić information content (AvgIpc) is 2.61.